The van der Waals surface area contributed by atoms with Gasteiger partial charge in [-0.05, 0) is 12.8 Å². The Kier molecular flexibility index (Phi) is 11.7. The van der Waals surface area contributed by atoms with Gasteiger partial charge in [-0.2, -0.15) is 0 Å². The van der Waals surface area contributed by atoms with E-state index in [1.54, 1.807) is 0 Å². The Bertz CT molecular complexity index is 226. The lowest BCUT2D eigenvalue weighted by atomic mass is 10.1. The lowest BCUT2D eigenvalue weighted by molar-refractivity contribution is -0.145. The van der Waals surface area contributed by atoms with Crippen LogP contribution in [-0.4, -0.2) is 23.7 Å². The molecule has 4 nitrogen and oxygen atoms in total. The molecule has 0 aliphatic carbocycles. The zero-order valence-corrected chi connectivity index (χ0v) is 11.5. The summed E-state index contributed by atoms with van der Waals surface area (Å²) in [4.78, 5) is 21.5. The highest BCUT2D eigenvalue weighted by Crippen LogP contribution is 2.08. The fraction of sp³-hybridized carbons (Fsp3) is 0.857. The Morgan fingerprint density at radius 2 is 1.50 bits per heavy atom. The number of hydrogen-bond acceptors (Lipinski definition) is 3. The van der Waals surface area contributed by atoms with E-state index in [9.17, 15) is 9.59 Å². The number of carbonyl (C=O) groups excluding carboxylic acids is 1. The van der Waals surface area contributed by atoms with E-state index in [1.807, 2.05) is 0 Å². The van der Waals surface area contributed by atoms with Crippen LogP contribution in [-0.2, 0) is 14.3 Å². The van der Waals surface area contributed by atoms with E-state index < -0.39 is 5.97 Å². The van der Waals surface area contributed by atoms with Crippen LogP contribution in [0.4, 0.5) is 0 Å². The van der Waals surface area contributed by atoms with Crippen molar-refractivity contribution in [3.63, 3.8) is 0 Å². The molecule has 0 rings (SSSR count). The summed E-state index contributed by atoms with van der Waals surface area (Å²) in [6.45, 7) is 2.42. The maximum absolute atomic E-state index is 11.3. The van der Waals surface area contributed by atoms with Crippen molar-refractivity contribution in [1.29, 1.82) is 0 Å². The van der Waals surface area contributed by atoms with Crippen LogP contribution in [0.15, 0.2) is 0 Å². The largest absolute Gasteiger partial charge is 0.481 e. The van der Waals surface area contributed by atoms with E-state index in [-0.39, 0.29) is 19.0 Å². The molecule has 18 heavy (non-hydrogen) atoms. The van der Waals surface area contributed by atoms with Gasteiger partial charge in [0.05, 0.1) is 6.61 Å². The van der Waals surface area contributed by atoms with Crippen molar-refractivity contribution in [3.05, 3.63) is 0 Å². The first-order valence-electron chi connectivity index (χ1n) is 7.04. The van der Waals surface area contributed by atoms with Gasteiger partial charge in [-0.1, -0.05) is 45.4 Å². The van der Waals surface area contributed by atoms with E-state index in [0.717, 1.165) is 12.8 Å². The fourth-order valence-corrected chi connectivity index (χ4v) is 1.71. The van der Waals surface area contributed by atoms with Gasteiger partial charge in [0, 0.05) is 12.8 Å². The molecule has 0 atom stereocenters. The van der Waals surface area contributed by atoms with Gasteiger partial charge in [-0.3, -0.25) is 9.59 Å². The topological polar surface area (TPSA) is 63.6 Å². The Labute approximate surface area is 110 Å². The molecule has 0 amide bonds. The summed E-state index contributed by atoms with van der Waals surface area (Å²) >= 11 is 0. The maximum atomic E-state index is 11.3. The molecule has 0 unspecified atom stereocenters. The number of hydrogen-bond donors (Lipinski definition) is 1. The molecule has 0 aliphatic rings. The lowest BCUT2D eigenvalue weighted by Gasteiger charge is -2.04. The van der Waals surface area contributed by atoms with Crippen molar-refractivity contribution in [2.45, 2.75) is 71.1 Å². The van der Waals surface area contributed by atoms with Crippen molar-refractivity contribution in [2.24, 2.45) is 0 Å². The van der Waals surface area contributed by atoms with E-state index in [2.05, 4.69) is 6.92 Å². The van der Waals surface area contributed by atoms with Crippen molar-refractivity contribution in [3.8, 4) is 0 Å². The predicted octanol–water partition coefficient (Wildman–Crippen LogP) is 3.54. The van der Waals surface area contributed by atoms with Crippen LogP contribution in [0.25, 0.3) is 0 Å². The molecular weight excluding hydrogens is 232 g/mol. The minimum absolute atomic E-state index is 0.0602. The monoisotopic (exact) mass is 258 g/mol. The number of ether oxygens (including phenoxy) is 1. The second kappa shape index (κ2) is 12.4. The first kappa shape index (κ1) is 16.9. The lowest BCUT2D eigenvalue weighted by Crippen LogP contribution is -2.07. The number of carbonyl (C=O) groups is 2. The first-order valence-corrected chi connectivity index (χ1v) is 7.04. The highest BCUT2D eigenvalue weighted by atomic mass is 16.5. The maximum Gasteiger partial charge on any atom is 0.305 e. The summed E-state index contributed by atoms with van der Waals surface area (Å²) in [6, 6.07) is 0. The molecule has 0 radical (unpaired) electrons. The molecule has 0 heterocycles. The summed E-state index contributed by atoms with van der Waals surface area (Å²) in [5.41, 5.74) is 0. The van der Waals surface area contributed by atoms with Gasteiger partial charge in [-0.15, -0.1) is 0 Å². The second-order valence-electron chi connectivity index (χ2n) is 4.59. The van der Waals surface area contributed by atoms with Gasteiger partial charge in [0.1, 0.15) is 0 Å². The Morgan fingerprint density at radius 1 is 0.889 bits per heavy atom. The van der Waals surface area contributed by atoms with Crippen LogP contribution >= 0.6 is 0 Å². The average molecular weight is 258 g/mol. The number of unbranched alkanes of at least 4 members (excludes halogenated alkanes) is 6. The molecule has 0 saturated heterocycles. The van der Waals surface area contributed by atoms with Gasteiger partial charge >= 0.3 is 11.9 Å². The first-order chi connectivity index (χ1) is 8.66. The van der Waals surface area contributed by atoms with Gasteiger partial charge in [0.15, 0.2) is 0 Å². The fourth-order valence-electron chi connectivity index (χ4n) is 1.71. The highest BCUT2D eigenvalue weighted by molar-refractivity contribution is 5.69. The van der Waals surface area contributed by atoms with Gasteiger partial charge in [-0.25, -0.2) is 0 Å². The molecule has 0 aromatic rings. The SMILES string of the molecule is CCCCCCCCCC(=O)OCCCC(=O)O. The molecule has 0 saturated carbocycles. The molecule has 0 fully saturated rings. The van der Waals surface area contributed by atoms with Gasteiger partial charge in [0.25, 0.3) is 0 Å². The Morgan fingerprint density at radius 3 is 2.11 bits per heavy atom. The number of rotatable bonds is 12. The normalized spacial score (nSPS) is 10.3. The quantitative estimate of drug-likeness (QED) is 0.429. The summed E-state index contributed by atoms with van der Waals surface area (Å²) in [5.74, 6) is -1.05. The van der Waals surface area contributed by atoms with Crippen molar-refractivity contribution >= 4 is 11.9 Å². The third-order valence-electron chi connectivity index (χ3n) is 2.78. The van der Waals surface area contributed by atoms with Gasteiger partial charge in [0.2, 0.25) is 0 Å². The minimum Gasteiger partial charge on any atom is -0.481 e. The number of esters is 1. The van der Waals surface area contributed by atoms with Crippen molar-refractivity contribution in [1.82, 2.24) is 0 Å². The molecule has 106 valence electrons. The second-order valence-corrected chi connectivity index (χ2v) is 4.59. The zero-order chi connectivity index (χ0) is 13.6. The summed E-state index contributed by atoms with van der Waals surface area (Å²) in [6.07, 6.45) is 9.15. The van der Waals surface area contributed by atoms with Crippen LogP contribution < -0.4 is 0 Å². The molecular formula is C14H26O4. The molecule has 0 aromatic heterocycles. The standard InChI is InChI=1S/C14H26O4/c1-2-3-4-5-6-7-8-11-14(17)18-12-9-10-13(15)16/h2-12H2,1H3,(H,15,16). The third kappa shape index (κ3) is 13.0. The van der Waals surface area contributed by atoms with Crippen LogP contribution in [0.5, 0.6) is 0 Å². The number of carboxylic acid groups (broad SMARTS) is 1. The smallest absolute Gasteiger partial charge is 0.305 e. The van der Waals surface area contributed by atoms with Gasteiger partial charge < -0.3 is 9.84 Å². The summed E-state index contributed by atoms with van der Waals surface area (Å²) in [7, 11) is 0. The molecule has 1 N–H and O–H groups in total. The third-order valence-corrected chi connectivity index (χ3v) is 2.78. The molecule has 0 spiro atoms. The average Bonchev–Trinajstić information content (AvgIpc) is 2.33. The van der Waals surface area contributed by atoms with Crippen LogP contribution in [0.3, 0.4) is 0 Å². The summed E-state index contributed by atoms with van der Waals surface area (Å²) in [5, 5.41) is 8.40. The molecule has 4 heteroatoms. The minimum atomic E-state index is -0.849. The number of aliphatic carboxylic acids is 1. The van der Waals surface area contributed by atoms with E-state index in [0.29, 0.717) is 12.8 Å². The van der Waals surface area contributed by atoms with E-state index in [4.69, 9.17) is 9.84 Å². The van der Waals surface area contributed by atoms with E-state index >= 15 is 0 Å². The van der Waals surface area contributed by atoms with Crippen LogP contribution in [0.2, 0.25) is 0 Å². The number of carboxylic acids is 1. The zero-order valence-electron chi connectivity index (χ0n) is 11.5. The Balaban J connectivity index is 3.19. The predicted molar refractivity (Wildman–Crippen MR) is 70.4 cm³/mol. The van der Waals surface area contributed by atoms with Crippen LogP contribution in [0.1, 0.15) is 71.1 Å². The summed E-state index contributed by atoms with van der Waals surface area (Å²) < 4.78 is 4.94. The van der Waals surface area contributed by atoms with Crippen molar-refractivity contribution in [2.75, 3.05) is 6.61 Å². The van der Waals surface area contributed by atoms with Crippen LogP contribution in [0, 0.1) is 0 Å². The molecule has 0 aromatic carbocycles. The molecule has 0 aliphatic heterocycles. The Hall–Kier alpha value is -1.06. The highest BCUT2D eigenvalue weighted by Gasteiger charge is 2.03. The van der Waals surface area contributed by atoms with Crippen molar-refractivity contribution < 1.29 is 19.4 Å². The molecule has 0 bridgehead atoms. The van der Waals surface area contributed by atoms with E-state index in [1.165, 1.54) is 32.1 Å².